The van der Waals surface area contributed by atoms with Crippen LogP contribution in [0.25, 0.3) is 0 Å². The largest absolute Gasteiger partial charge is 0.352 e. The Kier molecular flexibility index (Phi) is 7.81. The second-order valence-electron chi connectivity index (χ2n) is 4.34. The quantitative estimate of drug-likeness (QED) is 0.653. The van der Waals surface area contributed by atoms with Crippen molar-refractivity contribution in [2.24, 2.45) is 0 Å². The summed E-state index contributed by atoms with van der Waals surface area (Å²) in [5, 5.41) is 0. The van der Waals surface area contributed by atoms with Gasteiger partial charge in [0.25, 0.3) is 0 Å². The van der Waals surface area contributed by atoms with Gasteiger partial charge in [-0.2, -0.15) is 0 Å². The van der Waals surface area contributed by atoms with Crippen molar-refractivity contribution >= 4 is 0 Å². The van der Waals surface area contributed by atoms with E-state index in [1.165, 1.54) is 0 Å². The van der Waals surface area contributed by atoms with Crippen LogP contribution in [-0.4, -0.2) is 42.7 Å². The van der Waals surface area contributed by atoms with Crippen LogP contribution in [0.1, 0.15) is 35.6 Å². The Labute approximate surface area is 125 Å². The van der Waals surface area contributed by atoms with E-state index in [1.807, 2.05) is 18.2 Å². The molecule has 0 saturated heterocycles. The van der Waals surface area contributed by atoms with E-state index in [9.17, 15) is 0 Å². The van der Waals surface area contributed by atoms with Crippen molar-refractivity contribution in [3.8, 4) is 0 Å². The monoisotopic (exact) mass is 300 g/mol. The fourth-order valence-electron chi connectivity index (χ4n) is 2.22. The smallest absolute Gasteiger partial charge is 0.183 e. The first-order chi connectivity index (χ1) is 10.1. The molecule has 1 rings (SSSR count). The Morgan fingerprint density at radius 1 is 0.476 bits per heavy atom. The van der Waals surface area contributed by atoms with E-state index >= 15 is 0 Å². The fraction of sp³-hybridized carbons (Fsp3) is 0.600. The first-order valence-corrected chi connectivity index (χ1v) is 6.46. The van der Waals surface area contributed by atoms with Gasteiger partial charge in [0.2, 0.25) is 0 Å². The zero-order chi connectivity index (χ0) is 15.8. The molecule has 1 aromatic carbocycles. The van der Waals surface area contributed by atoms with E-state index in [2.05, 4.69) is 0 Å². The first kappa shape index (κ1) is 18.0. The van der Waals surface area contributed by atoms with Crippen molar-refractivity contribution in [2.45, 2.75) is 18.9 Å². The molecule has 21 heavy (non-hydrogen) atoms. The van der Waals surface area contributed by atoms with Crippen LogP contribution in [-0.2, 0) is 28.4 Å². The Morgan fingerprint density at radius 2 is 0.667 bits per heavy atom. The molecular formula is C15H24O6. The van der Waals surface area contributed by atoms with Crippen LogP contribution in [0.5, 0.6) is 0 Å². The van der Waals surface area contributed by atoms with Gasteiger partial charge in [0, 0.05) is 59.3 Å². The maximum absolute atomic E-state index is 5.30. The molecule has 6 nitrogen and oxygen atoms in total. The van der Waals surface area contributed by atoms with E-state index in [0.717, 1.165) is 16.7 Å². The third kappa shape index (κ3) is 4.47. The van der Waals surface area contributed by atoms with Gasteiger partial charge in [0.15, 0.2) is 18.9 Å². The van der Waals surface area contributed by atoms with E-state index < -0.39 is 18.9 Å². The van der Waals surface area contributed by atoms with Crippen LogP contribution in [0.3, 0.4) is 0 Å². The Bertz CT molecular complexity index is 336. The Hall–Kier alpha value is -1.02. The van der Waals surface area contributed by atoms with Crippen molar-refractivity contribution in [2.75, 3.05) is 42.7 Å². The third-order valence-electron chi connectivity index (χ3n) is 3.10. The number of methoxy groups -OCH3 is 6. The number of benzene rings is 1. The number of ether oxygens (including phenoxy) is 6. The molecule has 0 saturated carbocycles. The predicted molar refractivity (Wildman–Crippen MR) is 76.7 cm³/mol. The molecule has 120 valence electrons. The molecular weight excluding hydrogens is 276 g/mol. The Balaban J connectivity index is 3.30. The van der Waals surface area contributed by atoms with E-state index in [1.54, 1.807) is 42.7 Å². The lowest BCUT2D eigenvalue weighted by Gasteiger charge is -2.22. The maximum atomic E-state index is 5.30. The highest BCUT2D eigenvalue weighted by Crippen LogP contribution is 2.29. The molecule has 1 aromatic rings. The summed E-state index contributed by atoms with van der Waals surface area (Å²) in [6.07, 6.45) is -1.48. The van der Waals surface area contributed by atoms with Crippen molar-refractivity contribution in [1.29, 1.82) is 0 Å². The predicted octanol–water partition coefficient (Wildman–Crippen LogP) is 2.56. The second-order valence-corrected chi connectivity index (χ2v) is 4.34. The van der Waals surface area contributed by atoms with Gasteiger partial charge in [0.1, 0.15) is 0 Å². The molecule has 0 N–H and O–H groups in total. The number of hydrogen-bond donors (Lipinski definition) is 0. The molecule has 0 radical (unpaired) electrons. The summed E-state index contributed by atoms with van der Waals surface area (Å²) in [4.78, 5) is 0. The molecule has 0 spiro atoms. The highest BCUT2D eigenvalue weighted by Gasteiger charge is 2.19. The molecule has 0 amide bonds. The molecule has 0 bridgehead atoms. The van der Waals surface area contributed by atoms with Gasteiger partial charge in [-0.15, -0.1) is 0 Å². The SMILES string of the molecule is COC(OC)c1cc(C(OC)OC)cc(C(OC)OC)c1. The summed E-state index contributed by atoms with van der Waals surface area (Å²) in [5.74, 6) is 0. The summed E-state index contributed by atoms with van der Waals surface area (Å²) in [5.41, 5.74) is 2.47. The lowest BCUT2D eigenvalue weighted by Crippen LogP contribution is -2.12. The van der Waals surface area contributed by atoms with Crippen LogP contribution in [0.2, 0.25) is 0 Å². The summed E-state index contributed by atoms with van der Waals surface area (Å²) in [6, 6.07) is 5.71. The standard InChI is InChI=1S/C15H24O6/c1-16-13(17-2)10-7-11(14(18-3)19-4)9-12(8-10)15(20-5)21-6/h7-9,13-15H,1-6H3. The van der Waals surface area contributed by atoms with Gasteiger partial charge in [-0.25, -0.2) is 0 Å². The highest BCUT2D eigenvalue weighted by atomic mass is 16.7. The van der Waals surface area contributed by atoms with Gasteiger partial charge >= 0.3 is 0 Å². The normalized spacial score (nSPS) is 11.9. The maximum Gasteiger partial charge on any atom is 0.183 e. The molecule has 6 heteroatoms. The number of hydrogen-bond acceptors (Lipinski definition) is 6. The third-order valence-corrected chi connectivity index (χ3v) is 3.10. The first-order valence-electron chi connectivity index (χ1n) is 6.46. The highest BCUT2D eigenvalue weighted by molar-refractivity contribution is 5.32. The zero-order valence-corrected chi connectivity index (χ0v) is 13.4. The van der Waals surface area contributed by atoms with Crippen LogP contribution in [0.4, 0.5) is 0 Å². The molecule has 0 aliphatic carbocycles. The summed E-state index contributed by atoms with van der Waals surface area (Å²) < 4.78 is 31.8. The van der Waals surface area contributed by atoms with Gasteiger partial charge < -0.3 is 28.4 Å². The minimum Gasteiger partial charge on any atom is -0.352 e. The van der Waals surface area contributed by atoms with E-state index in [-0.39, 0.29) is 0 Å². The average molecular weight is 300 g/mol. The summed E-state index contributed by atoms with van der Waals surface area (Å²) >= 11 is 0. The molecule has 0 atom stereocenters. The lowest BCUT2D eigenvalue weighted by atomic mass is 10.0. The van der Waals surface area contributed by atoms with Gasteiger partial charge in [-0.1, -0.05) is 0 Å². The summed E-state index contributed by atoms with van der Waals surface area (Å²) in [6.45, 7) is 0. The Morgan fingerprint density at radius 3 is 0.810 bits per heavy atom. The topological polar surface area (TPSA) is 55.4 Å². The minimum atomic E-state index is -0.493. The van der Waals surface area contributed by atoms with Crippen molar-refractivity contribution in [3.63, 3.8) is 0 Å². The van der Waals surface area contributed by atoms with Crippen LogP contribution < -0.4 is 0 Å². The number of rotatable bonds is 9. The van der Waals surface area contributed by atoms with Crippen molar-refractivity contribution < 1.29 is 28.4 Å². The van der Waals surface area contributed by atoms with Gasteiger partial charge in [0.05, 0.1) is 0 Å². The summed E-state index contributed by atoms with van der Waals surface area (Å²) in [7, 11) is 9.47. The molecule has 0 fully saturated rings. The van der Waals surface area contributed by atoms with Crippen molar-refractivity contribution in [3.05, 3.63) is 34.9 Å². The van der Waals surface area contributed by atoms with Crippen LogP contribution in [0, 0.1) is 0 Å². The van der Waals surface area contributed by atoms with Gasteiger partial charge in [-0.3, -0.25) is 0 Å². The molecule has 0 unspecified atom stereocenters. The fourth-order valence-corrected chi connectivity index (χ4v) is 2.22. The average Bonchev–Trinajstić information content (AvgIpc) is 2.51. The van der Waals surface area contributed by atoms with Crippen molar-refractivity contribution in [1.82, 2.24) is 0 Å². The zero-order valence-electron chi connectivity index (χ0n) is 13.4. The molecule has 0 heterocycles. The van der Waals surface area contributed by atoms with E-state index in [4.69, 9.17) is 28.4 Å². The van der Waals surface area contributed by atoms with Gasteiger partial charge in [-0.05, 0) is 18.2 Å². The molecule has 0 aliphatic heterocycles. The van der Waals surface area contributed by atoms with Crippen LogP contribution in [0.15, 0.2) is 18.2 Å². The van der Waals surface area contributed by atoms with E-state index in [0.29, 0.717) is 0 Å². The molecule has 0 aliphatic rings. The second kappa shape index (κ2) is 9.09. The minimum absolute atomic E-state index is 0.493. The lowest BCUT2D eigenvalue weighted by molar-refractivity contribution is -0.114. The van der Waals surface area contributed by atoms with Crippen LogP contribution >= 0.6 is 0 Å². The molecule has 0 aromatic heterocycles.